The maximum atomic E-state index is 12.1. The number of carbonyl (C=O) groups is 1. The highest BCUT2D eigenvalue weighted by atomic mass is 35.5. The van der Waals surface area contributed by atoms with Gasteiger partial charge in [0, 0.05) is 23.7 Å². The Kier molecular flexibility index (Phi) is 5.89. The number of nitrogens with one attached hydrogen (secondary N) is 1. The quantitative estimate of drug-likeness (QED) is 0.880. The first kappa shape index (κ1) is 17.0. The molecular formula is C20H23ClN2O. The molecule has 0 spiro atoms. The number of amides is 1. The second-order valence-electron chi connectivity index (χ2n) is 6.34. The molecule has 0 bridgehead atoms. The maximum absolute atomic E-state index is 12.1. The van der Waals surface area contributed by atoms with Gasteiger partial charge in [0.05, 0.1) is 0 Å². The number of benzene rings is 2. The summed E-state index contributed by atoms with van der Waals surface area (Å²) in [5, 5.41) is 3.58. The molecule has 1 aliphatic heterocycles. The number of halogens is 1. The molecule has 126 valence electrons. The van der Waals surface area contributed by atoms with E-state index in [-0.39, 0.29) is 5.91 Å². The highest BCUT2D eigenvalue weighted by Crippen LogP contribution is 2.14. The summed E-state index contributed by atoms with van der Waals surface area (Å²) in [6, 6.07) is 15.5. The summed E-state index contributed by atoms with van der Waals surface area (Å²) in [4.78, 5) is 14.6. The lowest BCUT2D eigenvalue weighted by Crippen LogP contribution is -2.29. The molecule has 0 saturated carbocycles. The van der Waals surface area contributed by atoms with Gasteiger partial charge in [0.25, 0.3) is 5.91 Å². The lowest BCUT2D eigenvalue weighted by Gasteiger charge is -2.26. The zero-order valence-electron chi connectivity index (χ0n) is 13.8. The fraction of sp³-hybridized carbons (Fsp3) is 0.350. The molecule has 1 aliphatic rings. The lowest BCUT2D eigenvalue weighted by atomic mass is 10.1. The molecule has 1 amide bonds. The van der Waals surface area contributed by atoms with Gasteiger partial charge in [-0.05, 0) is 61.3 Å². The molecule has 0 atom stereocenters. The maximum Gasteiger partial charge on any atom is 0.251 e. The molecule has 0 aliphatic carbocycles. The van der Waals surface area contributed by atoms with E-state index >= 15 is 0 Å². The van der Waals surface area contributed by atoms with Crippen molar-refractivity contribution in [2.75, 3.05) is 13.1 Å². The summed E-state index contributed by atoms with van der Waals surface area (Å²) in [5.74, 6) is -0.0796. The fourth-order valence-electron chi connectivity index (χ4n) is 3.02. The van der Waals surface area contributed by atoms with E-state index in [0.29, 0.717) is 17.1 Å². The minimum Gasteiger partial charge on any atom is -0.348 e. The summed E-state index contributed by atoms with van der Waals surface area (Å²) >= 11 is 5.84. The topological polar surface area (TPSA) is 32.3 Å². The zero-order chi connectivity index (χ0) is 16.8. The third kappa shape index (κ3) is 4.83. The van der Waals surface area contributed by atoms with Crippen LogP contribution in [0.2, 0.25) is 5.02 Å². The van der Waals surface area contributed by atoms with E-state index in [9.17, 15) is 4.79 Å². The Morgan fingerprint density at radius 3 is 2.21 bits per heavy atom. The molecule has 0 aromatic heterocycles. The van der Waals surface area contributed by atoms with E-state index in [1.165, 1.54) is 37.9 Å². The van der Waals surface area contributed by atoms with E-state index in [1.54, 1.807) is 24.3 Å². The lowest BCUT2D eigenvalue weighted by molar-refractivity contribution is 0.0951. The van der Waals surface area contributed by atoms with Crippen molar-refractivity contribution in [2.45, 2.75) is 32.4 Å². The SMILES string of the molecule is O=C(NCc1ccc(CN2CCCCC2)cc1)c1ccc(Cl)cc1. The third-order valence-electron chi connectivity index (χ3n) is 4.44. The van der Waals surface area contributed by atoms with Crippen molar-refractivity contribution >= 4 is 17.5 Å². The largest absolute Gasteiger partial charge is 0.348 e. The van der Waals surface area contributed by atoms with Gasteiger partial charge in [-0.25, -0.2) is 0 Å². The molecule has 2 aromatic carbocycles. The Morgan fingerprint density at radius 2 is 1.54 bits per heavy atom. The van der Waals surface area contributed by atoms with Crippen molar-refractivity contribution in [3.63, 3.8) is 0 Å². The van der Waals surface area contributed by atoms with Crippen LogP contribution >= 0.6 is 11.6 Å². The zero-order valence-corrected chi connectivity index (χ0v) is 14.6. The predicted molar refractivity (Wildman–Crippen MR) is 98.2 cm³/mol. The monoisotopic (exact) mass is 342 g/mol. The first-order chi connectivity index (χ1) is 11.7. The van der Waals surface area contributed by atoms with E-state index in [1.807, 2.05) is 0 Å². The summed E-state index contributed by atoms with van der Waals surface area (Å²) in [7, 11) is 0. The van der Waals surface area contributed by atoms with Gasteiger partial charge >= 0.3 is 0 Å². The summed E-state index contributed by atoms with van der Waals surface area (Å²) in [6.45, 7) is 3.97. The van der Waals surface area contributed by atoms with Crippen LogP contribution in [0.4, 0.5) is 0 Å². The molecule has 1 fully saturated rings. The summed E-state index contributed by atoms with van der Waals surface area (Å²) in [5.41, 5.74) is 3.07. The molecule has 0 unspecified atom stereocenters. The normalized spacial score (nSPS) is 15.2. The van der Waals surface area contributed by atoms with Crippen molar-refractivity contribution in [3.8, 4) is 0 Å². The van der Waals surface area contributed by atoms with Gasteiger partial charge in [-0.2, -0.15) is 0 Å². The molecule has 4 heteroatoms. The van der Waals surface area contributed by atoms with Gasteiger partial charge in [-0.15, -0.1) is 0 Å². The average molecular weight is 343 g/mol. The Hall–Kier alpha value is -1.84. The Morgan fingerprint density at radius 1 is 0.917 bits per heavy atom. The standard InChI is InChI=1S/C20H23ClN2O/c21-19-10-8-18(9-11-19)20(24)22-14-16-4-6-17(7-5-16)15-23-12-2-1-3-13-23/h4-11H,1-3,12-15H2,(H,22,24). The third-order valence-corrected chi connectivity index (χ3v) is 4.69. The minimum atomic E-state index is -0.0796. The van der Waals surface area contributed by atoms with Crippen LogP contribution in [0, 0.1) is 0 Å². The van der Waals surface area contributed by atoms with Gasteiger partial charge in [-0.1, -0.05) is 42.3 Å². The molecule has 0 radical (unpaired) electrons. The van der Waals surface area contributed by atoms with Gasteiger partial charge in [0.15, 0.2) is 0 Å². The second-order valence-corrected chi connectivity index (χ2v) is 6.78. The van der Waals surface area contributed by atoms with Crippen LogP contribution in [0.15, 0.2) is 48.5 Å². The first-order valence-electron chi connectivity index (χ1n) is 8.55. The Labute approximate surface area is 148 Å². The smallest absolute Gasteiger partial charge is 0.251 e. The van der Waals surface area contributed by atoms with Gasteiger partial charge in [0.1, 0.15) is 0 Å². The Bertz CT molecular complexity index is 661. The van der Waals surface area contributed by atoms with Crippen LogP contribution in [-0.4, -0.2) is 23.9 Å². The number of hydrogen-bond acceptors (Lipinski definition) is 2. The molecule has 24 heavy (non-hydrogen) atoms. The highest BCUT2D eigenvalue weighted by molar-refractivity contribution is 6.30. The van der Waals surface area contributed by atoms with Crippen molar-refractivity contribution in [1.29, 1.82) is 0 Å². The van der Waals surface area contributed by atoms with Crippen molar-refractivity contribution < 1.29 is 4.79 Å². The molecule has 3 nitrogen and oxygen atoms in total. The molecule has 3 rings (SSSR count). The van der Waals surface area contributed by atoms with E-state index in [0.717, 1.165) is 12.1 Å². The van der Waals surface area contributed by atoms with Crippen molar-refractivity contribution in [2.24, 2.45) is 0 Å². The molecule has 1 saturated heterocycles. The van der Waals surface area contributed by atoms with E-state index < -0.39 is 0 Å². The summed E-state index contributed by atoms with van der Waals surface area (Å²) in [6.07, 6.45) is 3.99. The second kappa shape index (κ2) is 8.32. The summed E-state index contributed by atoms with van der Waals surface area (Å²) < 4.78 is 0. The number of hydrogen-bond donors (Lipinski definition) is 1. The van der Waals surface area contributed by atoms with Crippen LogP contribution in [0.5, 0.6) is 0 Å². The van der Waals surface area contributed by atoms with Crippen LogP contribution in [0.1, 0.15) is 40.7 Å². The van der Waals surface area contributed by atoms with Gasteiger partial charge in [-0.3, -0.25) is 9.69 Å². The highest BCUT2D eigenvalue weighted by Gasteiger charge is 2.10. The van der Waals surface area contributed by atoms with Crippen LogP contribution < -0.4 is 5.32 Å². The van der Waals surface area contributed by atoms with E-state index in [2.05, 4.69) is 34.5 Å². The van der Waals surface area contributed by atoms with Crippen LogP contribution in [0.3, 0.4) is 0 Å². The number of likely N-dealkylation sites (tertiary alicyclic amines) is 1. The minimum absolute atomic E-state index is 0.0796. The number of nitrogens with zero attached hydrogens (tertiary/aromatic N) is 1. The molecule has 1 N–H and O–H groups in total. The average Bonchev–Trinajstić information content (AvgIpc) is 2.62. The fourth-order valence-corrected chi connectivity index (χ4v) is 3.15. The van der Waals surface area contributed by atoms with Crippen molar-refractivity contribution in [1.82, 2.24) is 10.2 Å². The van der Waals surface area contributed by atoms with Gasteiger partial charge < -0.3 is 5.32 Å². The predicted octanol–water partition coefficient (Wildman–Crippen LogP) is 4.26. The number of piperidine rings is 1. The number of rotatable bonds is 5. The van der Waals surface area contributed by atoms with Crippen molar-refractivity contribution in [3.05, 3.63) is 70.2 Å². The van der Waals surface area contributed by atoms with Crippen LogP contribution in [0.25, 0.3) is 0 Å². The van der Waals surface area contributed by atoms with Gasteiger partial charge in [0.2, 0.25) is 0 Å². The molecular weight excluding hydrogens is 320 g/mol. The molecule has 1 heterocycles. The van der Waals surface area contributed by atoms with E-state index in [4.69, 9.17) is 11.6 Å². The first-order valence-corrected chi connectivity index (χ1v) is 8.92. The molecule has 2 aromatic rings. The number of carbonyl (C=O) groups excluding carboxylic acids is 1. The van der Waals surface area contributed by atoms with Crippen LogP contribution in [-0.2, 0) is 13.1 Å². The Balaban J connectivity index is 1.50.